The number of rotatable bonds is 6. The Labute approximate surface area is 182 Å². The molecule has 1 atom stereocenters. The van der Waals surface area contributed by atoms with Crippen molar-refractivity contribution in [1.82, 2.24) is 5.32 Å². The van der Waals surface area contributed by atoms with Crippen molar-refractivity contribution in [3.05, 3.63) is 47.8 Å². The Morgan fingerprint density at radius 2 is 2.16 bits per heavy atom. The molecule has 0 unspecified atom stereocenters. The summed E-state index contributed by atoms with van der Waals surface area (Å²) in [6.45, 7) is 0.662. The van der Waals surface area contributed by atoms with Gasteiger partial charge in [0, 0.05) is 22.8 Å². The minimum absolute atomic E-state index is 0.0734. The van der Waals surface area contributed by atoms with Crippen molar-refractivity contribution in [2.75, 3.05) is 34.8 Å². The summed E-state index contributed by atoms with van der Waals surface area (Å²) in [4.78, 5) is 38.5. The highest BCUT2D eigenvalue weighted by Crippen LogP contribution is 2.35. The van der Waals surface area contributed by atoms with E-state index in [4.69, 9.17) is 10.5 Å². The molecule has 10 heteroatoms. The van der Waals surface area contributed by atoms with Crippen LogP contribution >= 0.6 is 11.8 Å². The molecule has 2 heterocycles. The monoisotopic (exact) mass is 444 g/mol. The zero-order valence-corrected chi connectivity index (χ0v) is 17.3. The third kappa shape index (κ3) is 4.58. The molecule has 3 amide bonds. The Kier molecular flexibility index (Phi) is 5.99. The number of nitrogen functional groups attached to an aromatic ring is 1. The van der Waals surface area contributed by atoms with E-state index >= 15 is 0 Å². The smallest absolute Gasteiger partial charge is 0.414 e. The van der Waals surface area contributed by atoms with Crippen LogP contribution in [0.3, 0.4) is 0 Å². The highest BCUT2D eigenvalue weighted by atomic mass is 32.2. The number of cyclic esters (lactones) is 1. The van der Waals surface area contributed by atoms with E-state index in [2.05, 4.69) is 10.6 Å². The summed E-state index contributed by atoms with van der Waals surface area (Å²) in [5, 5.41) is 5.45. The zero-order valence-electron chi connectivity index (χ0n) is 16.5. The summed E-state index contributed by atoms with van der Waals surface area (Å²) in [5.74, 6) is -0.942. The number of nitrogens with zero attached hydrogens (tertiary/aromatic N) is 1. The number of amides is 3. The van der Waals surface area contributed by atoms with Crippen LogP contribution in [0.1, 0.15) is 23.2 Å². The number of nitrogens with one attached hydrogen (secondary N) is 2. The highest BCUT2D eigenvalue weighted by Gasteiger charge is 2.32. The summed E-state index contributed by atoms with van der Waals surface area (Å²) < 4.78 is 19.2. The fourth-order valence-electron chi connectivity index (χ4n) is 3.52. The lowest BCUT2D eigenvalue weighted by Gasteiger charge is -2.20. The molecule has 162 valence electrons. The maximum atomic E-state index is 13.8. The molecule has 4 rings (SSSR count). The van der Waals surface area contributed by atoms with E-state index < -0.39 is 17.8 Å². The number of anilines is 3. The van der Waals surface area contributed by atoms with Crippen LogP contribution in [0.15, 0.2) is 41.3 Å². The maximum absolute atomic E-state index is 13.8. The van der Waals surface area contributed by atoms with Crippen molar-refractivity contribution >= 4 is 46.7 Å². The quantitative estimate of drug-likeness (QED) is 0.466. The third-order valence-electron chi connectivity index (χ3n) is 5.04. The normalized spacial score (nSPS) is 17.7. The predicted molar refractivity (Wildman–Crippen MR) is 116 cm³/mol. The molecule has 0 radical (unpaired) electrons. The van der Waals surface area contributed by atoms with Gasteiger partial charge < -0.3 is 21.1 Å². The number of halogens is 1. The molecule has 2 aromatic carbocycles. The topological polar surface area (TPSA) is 114 Å². The van der Waals surface area contributed by atoms with Gasteiger partial charge in [0.25, 0.3) is 5.91 Å². The van der Waals surface area contributed by atoms with Gasteiger partial charge in [0.2, 0.25) is 5.91 Å². The first-order chi connectivity index (χ1) is 14.9. The molecule has 0 aromatic heterocycles. The fraction of sp³-hybridized carbons (Fsp3) is 0.286. The second-order valence-electron chi connectivity index (χ2n) is 7.24. The highest BCUT2D eigenvalue weighted by molar-refractivity contribution is 8.00. The van der Waals surface area contributed by atoms with Gasteiger partial charge in [0.1, 0.15) is 11.9 Å². The van der Waals surface area contributed by atoms with Gasteiger partial charge in [0.15, 0.2) is 0 Å². The number of hydrogen-bond acceptors (Lipinski definition) is 6. The molecule has 0 spiro atoms. The molecule has 31 heavy (non-hydrogen) atoms. The number of thioether (sulfide) groups is 1. The molecular weight excluding hydrogens is 423 g/mol. The third-order valence-corrected chi connectivity index (χ3v) is 6.12. The molecule has 2 aliphatic heterocycles. The second kappa shape index (κ2) is 8.84. The van der Waals surface area contributed by atoms with Crippen molar-refractivity contribution in [2.45, 2.75) is 23.8 Å². The minimum atomic E-state index is -0.669. The molecule has 8 nitrogen and oxygen atoms in total. The molecule has 0 bridgehead atoms. The Morgan fingerprint density at radius 3 is 2.97 bits per heavy atom. The average molecular weight is 444 g/mol. The van der Waals surface area contributed by atoms with Crippen molar-refractivity contribution in [3.63, 3.8) is 0 Å². The second-order valence-corrected chi connectivity index (χ2v) is 8.25. The largest absolute Gasteiger partial charge is 0.444 e. The van der Waals surface area contributed by atoms with Gasteiger partial charge in [-0.15, -0.1) is 11.8 Å². The summed E-state index contributed by atoms with van der Waals surface area (Å²) >= 11 is 1.45. The number of hydrogen-bond donors (Lipinski definition) is 3. The van der Waals surface area contributed by atoms with Crippen molar-refractivity contribution in [3.8, 4) is 0 Å². The van der Waals surface area contributed by atoms with E-state index in [-0.39, 0.29) is 23.3 Å². The molecule has 2 aliphatic rings. The van der Waals surface area contributed by atoms with Crippen LogP contribution in [0, 0.1) is 5.82 Å². The lowest BCUT2D eigenvalue weighted by Crippen LogP contribution is -2.28. The first-order valence-electron chi connectivity index (χ1n) is 9.79. The Bertz CT molecular complexity index is 1030. The van der Waals surface area contributed by atoms with Crippen LogP contribution in [0.2, 0.25) is 0 Å². The number of ether oxygens (including phenoxy) is 1. The molecular formula is C21H21FN4O4S. The lowest BCUT2D eigenvalue weighted by molar-refractivity contribution is -0.113. The average Bonchev–Trinajstić information content (AvgIpc) is 3.11. The first-order valence-corrected chi connectivity index (χ1v) is 10.8. The lowest BCUT2D eigenvalue weighted by atomic mass is 10.1. The molecule has 4 N–H and O–H groups in total. The summed E-state index contributed by atoms with van der Waals surface area (Å²) in [6.07, 6.45) is 0.293. The van der Waals surface area contributed by atoms with E-state index in [1.165, 1.54) is 34.9 Å². The number of benzene rings is 2. The fourth-order valence-corrected chi connectivity index (χ4v) is 4.31. The zero-order chi connectivity index (χ0) is 22.0. The van der Waals surface area contributed by atoms with E-state index in [1.54, 1.807) is 6.07 Å². The molecule has 0 aliphatic carbocycles. The minimum Gasteiger partial charge on any atom is -0.444 e. The first kappa shape index (κ1) is 21.0. The number of nitrogens with two attached hydrogens (primary N) is 1. The van der Waals surface area contributed by atoms with E-state index in [9.17, 15) is 18.8 Å². The van der Waals surface area contributed by atoms with Crippen molar-refractivity contribution in [1.29, 1.82) is 0 Å². The number of carbonyl (C=O) groups excluding carboxylic acids is 3. The Morgan fingerprint density at radius 1 is 1.32 bits per heavy atom. The SMILES string of the molecule is Nc1cccc(F)c1C(=O)NCCC[C@@H]1CN(c2ccc3c(c2)NC(=O)CS3)C(=O)O1. The summed E-state index contributed by atoms with van der Waals surface area (Å²) in [7, 11) is 0. The molecule has 0 saturated carbocycles. The van der Waals surface area contributed by atoms with E-state index in [0.717, 1.165) is 4.90 Å². The van der Waals surface area contributed by atoms with Gasteiger partial charge in [-0.1, -0.05) is 6.07 Å². The number of carbonyl (C=O) groups is 3. The number of fused-ring (bicyclic) bond motifs is 1. The molecule has 1 saturated heterocycles. The predicted octanol–water partition coefficient (Wildman–Crippen LogP) is 2.99. The van der Waals surface area contributed by atoms with Gasteiger partial charge in [-0.2, -0.15) is 0 Å². The standard InChI is InChI=1S/C21H21FN4O4S/c22-14-4-1-5-15(23)19(14)20(28)24-8-2-3-13-10-26(21(29)30-13)12-6-7-17-16(9-12)25-18(27)11-31-17/h1,4-7,9,13H,2-3,8,10-11,23H2,(H,24,28)(H,25,27)/t13-/m1/s1. The van der Waals surface area contributed by atoms with Gasteiger partial charge in [-0.05, 0) is 43.2 Å². The Hall–Kier alpha value is -3.27. The van der Waals surface area contributed by atoms with Crippen LogP contribution in [-0.4, -0.2) is 42.9 Å². The van der Waals surface area contributed by atoms with E-state index in [0.29, 0.717) is 43.1 Å². The van der Waals surface area contributed by atoms with Crippen molar-refractivity contribution in [2.24, 2.45) is 0 Å². The van der Waals surface area contributed by atoms with Gasteiger partial charge >= 0.3 is 6.09 Å². The maximum Gasteiger partial charge on any atom is 0.414 e. The summed E-state index contributed by atoms with van der Waals surface area (Å²) in [6, 6.07) is 9.56. The molecule has 1 fully saturated rings. The van der Waals surface area contributed by atoms with Gasteiger partial charge in [-0.25, -0.2) is 9.18 Å². The van der Waals surface area contributed by atoms with Crippen LogP contribution < -0.4 is 21.3 Å². The van der Waals surface area contributed by atoms with Crippen LogP contribution in [0.5, 0.6) is 0 Å². The van der Waals surface area contributed by atoms with E-state index in [1.807, 2.05) is 12.1 Å². The van der Waals surface area contributed by atoms with Gasteiger partial charge in [-0.3, -0.25) is 14.5 Å². The van der Waals surface area contributed by atoms with Crippen LogP contribution in [0.25, 0.3) is 0 Å². The van der Waals surface area contributed by atoms with Gasteiger partial charge in [0.05, 0.1) is 23.5 Å². The van der Waals surface area contributed by atoms with Crippen LogP contribution in [0.4, 0.5) is 26.2 Å². The molecule has 2 aromatic rings. The van der Waals surface area contributed by atoms with Crippen molar-refractivity contribution < 1.29 is 23.5 Å². The van der Waals surface area contributed by atoms with Crippen LogP contribution in [-0.2, 0) is 9.53 Å². The Balaban J connectivity index is 1.29. The summed E-state index contributed by atoms with van der Waals surface area (Å²) in [5.41, 5.74) is 6.92.